The first-order chi connectivity index (χ1) is 13.5. The maximum absolute atomic E-state index is 11.9. The Morgan fingerprint density at radius 3 is 2.46 bits per heavy atom. The molecule has 0 saturated carbocycles. The Morgan fingerprint density at radius 2 is 1.82 bits per heavy atom. The minimum Gasteiger partial charge on any atom is -0.497 e. The lowest BCUT2D eigenvalue weighted by Crippen LogP contribution is -2.07. The summed E-state index contributed by atoms with van der Waals surface area (Å²) in [6, 6.07) is 15.5. The van der Waals surface area contributed by atoms with E-state index in [0.29, 0.717) is 11.7 Å². The van der Waals surface area contributed by atoms with E-state index < -0.39 is 0 Å². The van der Waals surface area contributed by atoms with Gasteiger partial charge < -0.3 is 14.0 Å². The van der Waals surface area contributed by atoms with Gasteiger partial charge in [0.2, 0.25) is 5.82 Å². The van der Waals surface area contributed by atoms with Gasteiger partial charge in [0, 0.05) is 10.5 Å². The Balaban J connectivity index is 1.48. The Morgan fingerprint density at radius 1 is 1.11 bits per heavy atom. The van der Waals surface area contributed by atoms with Gasteiger partial charge >= 0.3 is 5.97 Å². The topological polar surface area (TPSA) is 74.5 Å². The van der Waals surface area contributed by atoms with Crippen molar-refractivity contribution in [1.82, 2.24) is 10.1 Å². The van der Waals surface area contributed by atoms with E-state index in [1.807, 2.05) is 48.5 Å². The molecule has 0 unspecified atom stereocenters. The SMILES string of the molecule is COc1ccc(SCC(=O)OCc2nc(-c3ccc(C(C)C)cc3)no2)cc1. The van der Waals surface area contributed by atoms with Crippen molar-refractivity contribution in [2.24, 2.45) is 0 Å². The lowest BCUT2D eigenvalue weighted by molar-refractivity contribution is -0.142. The molecule has 0 saturated heterocycles. The van der Waals surface area contributed by atoms with E-state index in [-0.39, 0.29) is 24.2 Å². The molecule has 1 aromatic heterocycles. The molecule has 6 nitrogen and oxygen atoms in total. The molecule has 0 spiro atoms. The van der Waals surface area contributed by atoms with Crippen molar-refractivity contribution >= 4 is 17.7 Å². The summed E-state index contributed by atoms with van der Waals surface area (Å²) < 4.78 is 15.5. The summed E-state index contributed by atoms with van der Waals surface area (Å²) in [7, 11) is 1.61. The van der Waals surface area contributed by atoms with Gasteiger partial charge in [-0.15, -0.1) is 11.8 Å². The molecule has 146 valence electrons. The van der Waals surface area contributed by atoms with Gasteiger partial charge in [0.15, 0.2) is 6.61 Å². The van der Waals surface area contributed by atoms with E-state index in [2.05, 4.69) is 24.0 Å². The Hall–Kier alpha value is -2.80. The van der Waals surface area contributed by atoms with Crippen LogP contribution in [0, 0.1) is 0 Å². The van der Waals surface area contributed by atoms with Crippen LogP contribution in [0.5, 0.6) is 5.75 Å². The minimum atomic E-state index is -0.346. The highest BCUT2D eigenvalue weighted by molar-refractivity contribution is 8.00. The van der Waals surface area contributed by atoms with Crippen LogP contribution in [-0.2, 0) is 16.1 Å². The van der Waals surface area contributed by atoms with Crippen molar-refractivity contribution in [2.75, 3.05) is 12.9 Å². The minimum absolute atomic E-state index is 0.0426. The van der Waals surface area contributed by atoms with Crippen molar-refractivity contribution in [3.05, 3.63) is 60.0 Å². The van der Waals surface area contributed by atoms with Gasteiger partial charge in [0.25, 0.3) is 5.89 Å². The first-order valence-electron chi connectivity index (χ1n) is 8.90. The van der Waals surface area contributed by atoms with Crippen molar-refractivity contribution in [2.45, 2.75) is 31.3 Å². The molecule has 0 amide bonds. The van der Waals surface area contributed by atoms with Crippen molar-refractivity contribution < 1.29 is 18.8 Å². The highest BCUT2D eigenvalue weighted by atomic mass is 32.2. The summed E-state index contributed by atoms with van der Waals surface area (Å²) in [5.74, 6) is 1.84. The average Bonchev–Trinajstić information content (AvgIpc) is 3.20. The van der Waals surface area contributed by atoms with Crippen molar-refractivity contribution in [3.8, 4) is 17.1 Å². The smallest absolute Gasteiger partial charge is 0.316 e. The summed E-state index contributed by atoms with van der Waals surface area (Å²) in [6.45, 7) is 4.24. The molecule has 3 rings (SSSR count). The second kappa shape index (κ2) is 9.41. The molecule has 3 aromatic rings. The zero-order chi connectivity index (χ0) is 19.9. The number of carbonyl (C=O) groups is 1. The second-order valence-corrected chi connectivity index (χ2v) is 7.46. The van der Waals surface area contributed by atoms with E-state index in [9.17, 15) is 4.79 Å². The molecule has 0 aliphatic heterocycles. The van der Waals surface area contributed by atoms with Crippen LogP contribution in [0.15, 0.2) is 57.9 Å². The number of rotatable bonds is 8. The fraction of sp³-hybridized carbons (Fsp3) is 0.286. The quantitative estimate of drug-likeness (QED) is 0.402. The summed E-state index contributed by atoms with van der Waals surface area (Å²) in [6.07, 6.45) is 0. The number of esters is 1. The largest absolute Gasteiger partial charge is 0.497 e. The van der Waals surface area contributed by atoms with Crippen molar-refractivity contribution in [1.29, 1.82) is 0 Å². The van der Waals surface area contributed by atoms with E-state index in [1.165, 1.54) is 17.3 Å². The number of thioether (sulfide) groups is 1. The number of carbonyl (C=O) groups excluding carboxylic acids is 1. The van der Waals surface area contributed by atoms with Gasteiger partial charge in [0.1, 0.15) is 5.75 Å². The second-order valence-electron chi connectivity index (χ2n) is 6.41. The van der Waals surface area contributed by atoms with Gasteiger partial charge in [0.05, 0.1) is 12.9 Å². The number of nitrogens with zero attached hydrogens (tertiary/aromatic N) is 2. The average molecular weight is 398 g/mol. The van der Waals surface area contributed by atoms with Crippen LogP contribution in [0.3, 0.4) is 0 Å². The lowest BCUT2D eigenvalue weighted by Gasteiger charge is -2.04. The highest BCUT2D eigenvalue weighted by Gasteiger charge is 2.12. The molecular weight excluding hydrogens is 376 g/mol. The van der Waals surface area contributed by atoms with Crippen molar-refractivity contribution in [3.63, 3.8) is 0 Å². The summed E-state index contributed by atoms with van der Waals surface area (Å²) >= 11 is 1.39. The highest BCUT2D eigenvalue weighted by Crippen LogP contribution is 2.22. The van der Waals surface area contributed by atoms with E-state index >= 15 is 0 Å². The first kappa shape index (κ1) is 19.9. The van der Waals surface area contributed by atoms with Gasteiger partial charge in [-0.25, -0.2) is 0 Å². The van der Waals surface area contributed by atoms with Crippen LogP contribution in [-0.4, -0.2) is 29.0 Å². The van der Waals surface area contributed by atoms with Gasteiger partial charge in [-0.05, 0) is 35.7 Å². The third kappa shape index (κ3) is 5.36. The number of hydrogen-bond donors (Lipinski definition) is 0. The molecule has 1 heterocycles. The molecule has 0 fully saturated rings. The lowest BCUT2D eigenvalue weighted by atomic mass is 10.0. The van der Waals surface area contributed by atoms with Crippen LogP contribution < -0.4 is 4.74 Å². The molecule has 2 aromatic carbocycles. The zero-order valence-corrected chi connectivity index (χ0v) is 16.9. The number of methoxy groups -OCH3 is 1. The third-order valence-electron chi connectivity index (χ3n) is 4.08. The molecule has 28 heavy (non-hydrogen) atoms. The van der Waals surface area contributed by atoms with Crippen LogP contribution in [0.2, 0.25) is 0 Å². The fourth-order valence-electron chi connectivity index (χ4n) is 2.45. The van der Waals surface area contributed by atoms with Crippen LogP contribution in [0.4, 0.5) is 0 Å². The predicted molar refractivity (Wildman–Crippen MR) is 107 cm³/mol. The van der Waals surface area contributed by atoms with Crippen LogP contribution >= 0.6 is 11.8 Å². The van der Waals surface area contributed by atoms with E-state index in [1.54, 1.807) is 7.11 Å². The molecule has 0 atom stereocenters. The van der Waals surface area contributed by atoms with Crippen LogP contribution in [0.1, 0.15) is 31.2 Å². The molecule has 0 bridgehead atoms. The number of ether oxygens (including phenoxy) is 2. The van der Waals surface area contributed by atoms with Gasteiger partial charge in [-0.1, -0.05) is 43.3 Å². The van der Waals surface area contributed by atoms with Crippen LogP contribution in [0.25, 0.3) is 11.4 Å². The zero-order valence-electron chi connectivity index (χ0n) is 16.0. The predicted octanol–water partition coefficient (Wildman–Crippen LogP) is 4.70. The summed E-state index contributed by atoms with van der Waals surface area (Å²) in [5, 5.41) is 3.95. The molecular formula is C21H22N2O4S. The number of hydrogen-bond acceptors (Lipinski definition) is 7. The molecule has 7 heteroatoms. The molecule has 0 aliphatic carbocycles. The van der Waals surface area contributed by atoms with Gasteiger partial charge in [-0.2, -0.15) is 4.98 Å². The number of aromatic nitrogens is 2. The fourth-order valence-corrected chi connectivity index (χ4v) is 3.14. The number of benzene rings is 2. The molecule has 0 N–H and O–H groups in total. The molecule has 0 radical (unpaired) electrons. The monoisotopic (exact) mass is 398 g/mol. The van der Waals surface area contributed by atoms with E-state index in [0.717, 1.165) is 16.2 Å². The summed E-state index contributed by atoms with van der Waals surface area (Å²) in [5.41, 5.74) is 2.11. The maximum Gasteiger partial charge on any atom is 0.316 e. The first-order valence-corrected chi connectivity index (χ1v) is 9.89. The standard InChI is InChI=1S/C21H22N2O4S/c1-14(2)15-4-6-16(7-5-15)21-22-19(27-23-21)12-26-20(24)13-28-18-10-8-17(25-3)9-11-18/h4-11,14H,12-13H2,1-3H3. The third-order valence-corrected chi connectivity index (χ3v) is 5.06. The van der Waals surface area contributed by atoms with Gasteiger partial charge in [-0.3, -0.25) is 4.79 Å². The Bertz CT molecular complexity index is 905. The summed E-state index contributed by atoms with van der Waals surface area (Å²) in [4.78, 5) is 17.2. The molecule has 0 aliphatic rings. The normalized spacial score (nSPS) is 10.9. The van der Waals surface area contributed by atoms with E-state index in [4.69, 9.17) is 14.0 Å². The maximum atomic E-state index is 11.9. The Kier molecular flexibility index (Phi) is 6.71. The Labute approximate surface area is 168 Å².